The van der Waals surface area contributed by atoms with Crippen LogP contribution >= 0.6 is 0 Å². The summed E-state index contributed by atoms with van der Waals surface area (Å²) in [5.74, 6) is -0.505. The largest absolute Gasteiger partial charge is 0.369 e. The van der Waals surface area contributed by atoms with Gasteiger partial charge >= 0.3 is 0 Å². The van der Waals surface area contributed by atoms with Crippen molar-refractivity contribution in [1.29, 1.82) is 0 Å². The maximum atomic E-state index is 13.9. The highest BCUT2D eigenvalue weighted by atomic mass is 19.1. The van der Waals surface area contributed by atoms with Gasteiger partial charge in [-0.1, -0.05) is 0 Å². The van der Waals surface area contributed by atoms with Crippen LogP contribution in [0, 0.1) is 12.7 Å². The van der Waals surface area contributed by atoms with E-state index in [4.69, 9.17) is 0 Å². The summed E-state index contributed by atoms with van der Waals surface area (Å²) in [5, 5.41) is 2.96. The second-order valence-electron chi connectivity index (χ2n) is 6.88. The van der Waals surface area contributed by atoms with Crippen LogP contribution in [0.2, 0.25) is 0 Å². The number of rotatable bonds is 4. The fourth-order valence-electron chi connectivity index (χ4n) is 3.17. The lowest BCUT2D eigenvalue weighted by Gasteiger charge is -2.36. The van der Waals surface area contributed by atoms with Crippen LogP contribution < -0.4 is 10.2 Å². The first-order chi connectivity index (χ1) is 12.4. The van der Waals surface area contributed by atoms with Crippen LogP contribution in [0.4, 0.5) is 10.1 Å². The first kappa shape index (κ1) is 18.3. The molecule has 0 bridgehead atoms. The minimum Gasteiger partial charge on any atom is -0.369 e. The van der Waals surface area contributed by atoms with Crippen LogP contribution in [0.1, 0.15) is 34.6 Å². The molecule has 1 aliphatic heterocycles. The van der Waals surface area contributed by atoms with Gasteiger partial charge in [0.15, 0.2) is 0 Å². The van der Waals surface area contributed by atoms with Gasteiger partial charge in [0, 0.05) is 49.3 Å². The zero-order valence-corrected chi connectivity index (χ0v) is 15.5. The van der Waals surface area contributed by atoms with Crippen molar-refractivity contribution < 1.29 is 9.18 Å². The summed E-state index contributed by atoms with van der Waals surface area (Å²) in [6.07, 6.45) is 1.56. The molecule has 5 nitrogen and oxygen atoms in total. The molecule has 3 rings (SSSR count). The number of benzene rings is 1. The van der Waals surface area contributed by atoms with Crippen molar-refractivity contribution >= 4 is 11.6 Å². The molecule has 0 aliphatic carbocycles. The van der Waals surface area contributed by atoms with Crippen LogP contribution in [-0.4, -0.2) is 49.0 Å². The summed E-state index contributed by atoms with van der Waals surface area (Å²) in [6.45, 7) is 7.46. The zero-order valence-electron chi connectivity index (χ0n) is 15.5. The maximum absolute atomic E-state index is 13.9. The highest BCUT2D eigenvalue weighted by Gasteiger charge is 2.21. The third-order valence-electron chi connectivity index (χ3n) is 4.82. The number of amides is 1. The molecule has 1 unspecified atom stereocenters. The van der Waals surface area contributed by atoms with Crippen LogP contribution in [0.5, 0.6) is 0 Å². The number of nitrogens with one attached hydrogen (secondary N) is 1. The number of hydrogen-bond acceptors (Lipinski definition) is 4. The molecule has 1 amide bonds. The lowest BCUT2D eigenvalue weighted by atomic mass is 10.0. The molecule has 2 heterocycles. The lowest BCUT2D eigenvalue weighted by molar-refractivity contribution is 0.0939. The highest BCUT2D eigenvalue weighted by molar-refractivity contribution is 5.94. The van der Waals surface area contributed by atoms with Gasteiger partial charge in [0.1, 0.15) is 5.82 Å². The van der Waals surface area contributed by atoms with Gasteiger partial charge in [-0.05, 0) is 51.2 Å². The molecule has 138 valence electrons. The van der Waals surface area contributed by atoms with Crippen molar-refractivity contribution in [3.63, 3.8) is 0 Å². The van der Waals surface area contributed by atoms with E-state index in [2.05, 4.69) is 27.1 Å². The number of likely N-dealkylation sites (N-methyl/N-ethyl adjacent to an activating group) is 1. The Hall–Kier alpha value is -2.47. The molecule has 0 saturated carbocycles. The minimum atomic E-state index is -0.311. The Morgan fingerprint density at radius 2 is 1.92 bits per heavy atom. The summed E-state index contributed by atoms with van der Waals surface area (Å²) >= 11 is 0. The van der Waals surface area contributed by atoms with Crippen LogP contribution in [0.25, 0.3) is 0 Å². The summed E-state index contributed by atoms with van der Waals surface area (Å²) in [4.78, 5) is 21.2. The average molecular weight is 356 g/mol. The van der Waals surface area contributed by atoms with Gasteiger partial charge in [-0.3, -0.25) is 9.78 Å². The molecule has 2 aromatic rings. The minimum absolute atomic E-state index is 0.210. The molecular weight excluding hydrogens is 331 g/mol. The number of piperazine rings is 1. The van der Waals surface area contributed by atoms with Crippen molar-refractivity contribution in [2.75, 3.05) is 38.1 Å². The van der Waals surface area contributed by atoms with Crippen molar-refractivity contribution in [3.05, 3.63) is 59.2 Å². The molecule has 0 radical (unpaired) electrons. The molecular formula is C20H25FN4O. The number of halogens is 1. The smallest absolute Gasteiger partial charge is 0.253 e. The third-order valence-corrected chi connectivity index (χ3v) is 4.82. The fraction of sp³-hybridized carbons (Fsp3) is 0.400. The van der Waals surface area contributed by atoms with E-state index >= 15 is 0 Å². The Balaban J connectivity index is 1.79. The fourth-order valence-corrected chi connectivity index (χ4v) is 3.17. The summed E-state index contributed by atoms with van der Waals surface area (Å²) in [5.41, 5.74) is 3.13. The molecule has 0 spiro atoms. The Morgan fingerprint density at radius 3 is 2.58 bits per heavy atom. The normalized spacial score (nSPS) is 16.4. The number of hydrogen-bond donors (Lipinski definition) is 1. The van der Waals surface area contributed by atoms with Crippen LogP contribution in [0.3, 0.4) is 0 Å². The van der Waals surface area contributed by atoms with Crippen LogP contribution in [0.15, 0.2) is 36.5 Å². The van der Waals surface area contributed by atoms with E-state index < -0.39 is 0 Å². The second-order valence-corrected chi connectivity index (χ2v) is 6.88. The molecule has 1 atom stereocenters. The van der Waals surface area contributed by atoms with Gasteiger partial charge in [-0.25, -0.2) is 4.39 Å². The zero-order chi connectivity index (χ0) is 18.7. The Morgan fingerprint density at radius 1 is 1.19 bits per heavy atom. The standard InChI is InChI=1S/C20H25FN4O/c1-14-4-5-16(13-22-14)20(26)23-15(2)18-12-17(21)6-7-19(18)25-10-8-24(3)9-11-25/h4-7,12-13,15H,8-11H2,1-3H3,(H,23,26). The number of anilines is 1. The first-order valence-electron chi connectivity index (χ1n) is 8.90. The van der Waals surface area contributed by atoms with E-state index in [1.54, 1.807) is 18.3 Å². The Labute approximate surface area is 153 Å². The van der Waals surface area contributed by atoms with Gasteiger partial charge in [-0.15, -0.1) is 0 Å². The summed E-state index contributed by atoms with van der Waals surface area (Å²) in [6, 6.07) is 8.05. The van der Waals surface area contributed by atoms with Crippen molar-refractivity contribution in [1.82, 2.24) is 15.2 Å². The molecule has 1 aliphatic rings. The molecule has 1 N–H and O–H groups in total. The molecule has 1 aromatic carbocycles. The number of carbonyl (C=O) groups excluding carboxylic acids is 1. The SMILES string of the molecule is Cc1ccc(C(=O)NC(C)c2cc(F)ccc2N2CCN(C)CC2)cn1. The number of carbonyl (C=O) groups is 1. The number of pyridine rings is 1. The predicted octanol–water partition coefficient (Wildman–Crippen LogP) is 2.77. The highest BCUT2D eigenvalue weighted by Crippen LogP contribution is 2.28. The third kappa shape index (κ3) is 4.19. The van der Waals surface area contributed by atoms with Gasteiger partial charge in [0.05, 0.1) is 11.6 Å². The second kappa shape index (κ2) is 7.83. The van der Waals surface area contributed by atoms with Gasteiger partial charge in [-0.2, -0.15) is 0 Å². The number of aryl methyl sites for hydroxylation is 1. The molecule has 26 heavy (non-hydrogen) atoms. The topological polar surface area (TPSA) is 48.5 Å². The Kier molecular flexibility index (Phi) is 5.52. The molecule has 6 heteroatoms. The molecule has 1 aromatic heterocycles. The van der Waals surface area contributed by atoms with E-state index in [0.29, 0.717) is 5.56 Å². The monoisotopic (exact) mass is 356 g/mol. The average Bonchev–Trinajstić information content (AvgIpc) is 2.63. The Bertz CT molecular complexity index is 770. The van der Waals surface area contributed by atoms with Crippen LogP contribution in [-0.2, 0) is 0 Å². The van der Waals surface area contributed by atoms with Crippen molar-refractivity contribution in [2.24, 2.45) is 0 Å². The van der Waals surface area contributed by atoms with Gasteiger partial charge in [0.25, 0.3) is 5.91 Å². The number of aromatic nitrogens is 1. The first-order valence-corrected chi connectivity index (χ1v) is 8.90. The predicted molar refractivity (Wildman–Crippen MR) is 101 cm³/mol. The van der Waals surface area contributed by atoms with Crippen molar-refractivity contribution in [3.8, 4) is 0 Å². The number of nitrogens with zero attached hydrogens (tertiary/aromatic N) is 3. The van der Waals surface area contributed by atoms with E-state index in [9.17, 15) is 9.18 Å². The quantitative estimate of drug-likeness (QED) is 0.915. The molecule has 1 fully saturated rings. The van der Waals surface area contributed by atoms with E-state index in [1.165, 1.54) is 12.1 Å². The summed E-state index contributed by atoms with van der Waals surface area (Å²) < 4.78 is 13.9. The molecule has 1 saturated heterocycles. The maximum Gasteiger partial charge on any atom is 0.253 e. The lowest BCUT2D eigenvalue weighted by Crippen LogP contribution is -2.45. The van der Waals surface area contributed by atoms with E-state index in [-0.39, 0.29) is 17.8 Å². The summed E-state index contributed by atoms with van der Waals surface area (Å²) in [7, 11) is 2.10. The van der Waals surface area contributed by atoms with E-state index in [0.717, 1.165) is 43.1 Å². The van der Waals surface area contributed by atoms with Gasteiger partial charge in [0.2, 0.25) is 0 Å². The van der Waals surface area contributed by atoms with Crippen molar-refractivity contribution in [2.45, 2.75) is 19.9 Å². The van der Waals surface area contributed by atoms with Gasteiger partial charge < -0.3 is 15.1 Å². The van der Waals surface area contributed by atoms with E-state index in [1.807, 2.05) is 19.9 Å².